The molecule has 0 spiro atoms. The van der Waals surface area contributed by atoms with Gasteiger partial charge in [0.05, 0.1) is 13.2 Å². The highest BCUT2D eigenvalue weighted by molar-refractivity contribution is 7.47. The maximum atomic E-state index is 14.9. The van der Waals surface area contributed by atoms with Gasteiger partial charge in [0, 0.05) is 25.7 Å². The van der Waals surface area contributed by atoms with Crippen molar-refractivity contribution in [3.05, 3.63) is 0 Å². The molecule has 19 atom stereocenters. The van der Waals surface area contributed by atoms with E-state index in [1.165, 1.54) is 225 Å². The van der Waals surface area contributed by atoms with E-state index in [0.717, 1.165) is 128 Å². The molecule has 0 aromatic carbocycles. The molecule has 0 aromatic rings. The molecule has 10 N–H and O–H groups in total. The first-order chi connectivity index (χ1) is 58.6. The van der Waals surface area contributed by atoms with Gasteiger partial charge in [-0.15, -0.1) is 0 Å². The molecule has 3 rings (SSSR count). The predicted molar refractivity (Wildman–Crippen MR) is 472 cm³/mol. The van der Waals surface area contributed by atoms with Gasteiger partial charge in [-0.2, -0.15) is 0 Å². The zero-order chi connectivity index (χ0) is 88.4. The third-order valence-electron chi connectivity index (χ3n) is 24.8. The van der Waals surface area contributed by atoms with Crippen LogP contribution in [0.5, 0.6) is 0 Å². The number of carbonyl (C=O) groups is 4. The normalized spacial score (nSPS) is 24.8. The van der Waals surface area contributed by atoms with E-state index in [1.54, 1.807) is 0 Å². The highest BCUT2D eigenvalue weighted by Crippen LogP contribution is 2.49. The maximum absolute atomic E-state index is 14.9. The third kappa shape index (κ3) is 53.3. The molecule has 2 aliphatic heterocycles. The quantitative estimate of drug-likeness (QED) is 0.0117. The molecule has 19 unspecified atom stereocenters. The lowest BCUT2D eigenvalue weighted by atomic mass is 9.84. The van der Waals surface area contributed by atoms with Crippen LogP contribution in [0.3, 0.4) is 0 Å². The molecule has 0 aromatic heterocycles. The van der Waals surface area contributed by atoms with E-state index in [1.807, 2.05) is 0 Å². The summed E-state index contributed by atoms with van der Waals surface area (Å²) in [5.41, 5.74) is 0. The molecular formula is C95H179O25P. The largest absolute Gasteiger partial charge is 0.472 e. The first-order valence-electron chi connectivity index (χ1n) is 49.7. The third-order valence-corrected chi connectivity index (χ3v) is 25.7. The Balaban J connectivity index is 1.90. The van der Waals surface area contributed by atoms with Crippen molar-refractivity contribution in [2.24, 2.45) is 5.92 Å². The minimum atomic E-state index is -5.81. The summed E-state index contributed by atoms with van der Waals surface area (Å²) in [6.07, 6.45) is 30.7. The lowest BCUT2D eigenvalue weighted by Gasteiger charge is -2.50. The van der Waals surface area contributed by atoms with Crippen LogP contribution in [0.4, 0.5) is 0 Å². The van der Waals surface area contributed by atoms with E-state index in [2.05, 4.69) is 34.6 Å². The van der Waals surface area contributed by atoms with Gasteiger partial charge in [-0.3, -0.25) is 28.2 Å². The van der Waals surface area contributed by atoms with E-state index < -0.39 is 162 Å². The molecule has 0 radical (unpaired) electrons. The molecule has 3 fully saturated rings. The van der Waals surface area contributed by atoms with Gasteiger partial charge in [-0.1, -0.05) is 394 Å². The van der Waals surface area contributed by atoms with Crippen molar-refractivity contribution in [2.45, 2.75) is 550 Å². The van der Waals surface area contributed by atoms with Crippen LogP contribution < -0.4 is 0 Å². The van der Waals surface area contributed by atoms with Crippen LogP contribution in [-0.4, -0.2) is 205 Å². The van der Waals surface area contributed by atoms with Gasteiger partial charge in [0.15, 0.2) is 24.8 Å². The Bertz CT molecular complexity index is 2520. The SMILES string of the molecule is CCCCCCCCCCCCCCCCCCC(=O)OC(COC(=O)CCCCCCCCC(C)CCCCCCCC)COP(=O)(O)OC1C(OC2OC(CO)C(O)C(O)C2O)C(O)C(O)C(OC(=O)CCCCCCCCCCCCCCCCC)C1OC1OC(COC(=O)CCCCCCCCCCCCCCCCC)C(O)C(O)C1O. The van der Waals surface area contributed by atoms with E-state index >= 15 is 0 Å². The second-order valence-electron chi connectivity index (χ2n) is 35.9. The second-order valence-corrected chi connectivity index (χ2v) is 37.3. The number of unbranched alkanes of at least 4 members (excludes halogenated alkanes) is 53. The minimum absolute atomic E-state index is 0.0200. The molecule has 26 heteroatoms. The molecule has 714 valence electrons. The van der Waals surface area contributed by atoms with Gasteiger partial charge >= 0.3 is 31.7 Å². The van der Waals surface area contributed by atoms with Gasteiger partial charge in [-0.25, -0.2) is 4.57 Å². The summed E-state index contributed by atoms with van der Waals surface area (Å²) in [5.74, 6) is -2.25. The number of aliphatic hydroxyl groups excluding tert-OH is 9. The Morgan fingerprint density at radius 1 is 0.322 bits per heavy atom. The molecular weight excluding hydrogens is 1570 g/mol. The summed E-state index contributed by atoms with van der Waals surface area (Å²) in [5, 5.41) is 103. The molecule has 1 saturated carbocycles. The van der Waals surface area contributed by atoms with E-state index in [9.17, 15) is 74.6 Å². The van der Waals surface area contributed by atoms with Gasteiger partial charge in [0.1, 0.15) is 92.6 Å². The number of aliphatic hydroxyl groups is 9. The molecule has 2 heterocycles. The smallest absolute Gasteiger partial charge is 0.463 e. The standard InChI is InChI=1S/C95H179O25P/c1-6-10-14-18-22-25-28-31-34-37-40-42-45-48-56-62-68-80(99)114-75(71-111-78(97)66-60-55-51-50-53-59-65-74(5)64-58-52-21-17-13-9-4)72-113-121(109,110)120-93-91(118-94-88(107)84(103)82(101)76(70-96)115-94)87(106)86(105)90(117-81(100)69-63-57-49-46-43-39-36-33-30-27-24-20-16-12-8-3)92(93)119-95-89(108)85(104)83(102)77(116-95)73-112-79(98)67-61-54-47-44-41-38-35-32-29-26-23-19-15-11-7-2/h74-77,82-96,101-108H,6-73H2,1-5H3,(H,109,110). The van der Waals surface area contributed by atoms with Crippen LogP contribution in [0, 0.1) is 5.92 Å². The van der Waals surface area contributed by atoms with Crippen LogP contribution in [0.2, 0.25) is 0 Å². The zero-order valence-corrected chi connectivity index (χ0v) is 77.4. The van der Waals surface area contributed by atoms with Crippen molar-refractivity contribution in [3.63, 3.8) is 0 Å². The second kappa shape index (κ2) is 73.3. The number of phosphoric acid groups is 1. The number of carbonyl (C=O) groups excluding carboxylic acids is 4. The van der Waals surface area contributed by atoms with Crippen LogP contribution in [-0.2, 0) is 70.7 Å². The van der Waals surface area contributed by atoms with Crippen LogP contribution >= 0.6 is 7.82 Å². The molecule has 25 nitrogen and oxygen atoms in total. The number of ether oxygens (including phenoxy) is 8. The number of hydrogen-bond acceptors (Lipinski definition) is 24. The van der Waals surface area contributed by atoms with E-state index in [-0.39, 0.29) is 25.7 Å². The maximum Gasteiger partial charge on any atom is 0.472 e. The van der Waals surface area contributed by atoms with Crippen LogP contribution in [0.25, 0.3) is 0 Å². The van der Waals surface area contributed by atoms with Gasteiger partial charge < -0.3 is 88.7 Å². The number of esters is 4. The van der Waals surface area contributed by atoms with E-state index in [4.69, 9.17) is 46.9 Å². The molecule has 121 heavy (non-hydrogen) atoms. The Labute approximate surface area is 731 Å². The van der Waals surface area contributed by atoms with Crippen molar-refractivity contribution < 1.29 is 122 Å². The Kier molecular flexibility index (Phi) is 68.2. The molecule has 2 saturated heterocycles. The lowest BCUT2D eigenvalue weighted by molar-refractivity contribution is -0.360. The average molecular weight is 1750 g/mol. The highest BCUT2D eigenvalue weighted by atomic mass is 31.2. The summed E-state index contributed by atoms with van der Waals surface area (Å²) in [6.45, 7) is 8.00. The highest BCUT2D eigenvalue weighted by Gasteiger charge is 2.60. The van der Waals surface area contributed by atoms with Crippen molar-refractivity contribution in [2.75, 3.05) is 26.4 Å². The van der Waals surface area contributed by atoms with Crippen LogP contribution in [0.1, 0.15) is 446 Å². The number of phosphoric ester groups is 1. The number of rotatable bonds is 81. The van der Waals surface area contributed by atoms with Crippen molar-refractivity contribution in [1.29, 1.82) is 0 Å². The molecule has 0 bridgehead atoms. The van der Waals surface area contributed by atoms with Crippen molar-refractivity contribution in [1.82, 2.24) is 0 Å². The molecule has 0 amide bonds. The van der Waals surface area contributed by atoms with Gasteiger partial charge in [0.25, 0.3) is 0 Å². The Morgan fingerprint density at radius 2 is 0.620 bits per heavy atom. The van der Waals surface area contributed by atoms with Crippen molar-refractivity contribution in [3.8, 4) is 0 Å². The first kappa shape index (κ1) is 113. The summed E-state index contributed by atoms with van der Waals surface area (Å²) >= 11 is 0. The Hall–Kier alpha value is -2.53. The van der Waals surface area contributed by atoms with Gasteiger partial charge in [-0.05, 0) is 31.6 Å². The molecule has 3 aliphatic rings. The van der Waals surface area contributed by atoms with Gasteiger partial charge in [0.2, 0.25) is 0 Å². The zero-order valence-electron chi connectivity index (χ0n) is 76.5. The summed E-state index contributed by atoms with van der Waals surface area (Å²) < 4.78 is 73.7. The topological polar surface area (TPSA) is 380 Å². The van der Waals surface area contributed by atoms with Crippen molar-refractivity contribution >= 4 is 31.7 Å². The van der Waals surface area contributed by atoms with Crippen LogP contribution in [0.15, 0.2) is 0 Å². The fraction of sp³-hybridized carbons (Fsp3) is 0.958. The fourth-order valence-electron chi connectivity index (χ4n) is 16.8. The van der Waals surface area contributed by atoms with E-state index in [0.29, 0.717) is 38.0 Å². The minimum Gasteiger partial charge on any atom is -0.463 e. The monoisotopic (exact) mass is 1750 g/mol. The predicted octanol–water partition coefficient (Wildman–Crippen LogP) is 19.2. The summed E-state index contributed by atoms with van der Waals surface area (Å²) in [6, 6.07) is 0. The summed E-state index contributed by atoms with van der Waals surface area (Å²) in [7, 11) is -5.81. The average Bonchev–Trinajstić information content (AvgIpc) is 0.753. The Morgan fingerprint density at radius 3 is 0.983 bits per heavy atom. The first-order valence-corrected chi connectivity index (χ1v) is 51.2. The fourth-order valence-corrected chi connectivity index (χ4v) is 17.8. The lowest BCUT2D eigenvalue weighted by Crippen LogP contribution is -2.70. The summed E-state index contributed by atoms with van der Waals surface area (Å²) in [4.78, 5) is 66.7. The molecule has 1 aliphatic carbocycles. The number of hydrogen-bond donors (Lipinski definition) is 10.